The molecule has 9 heteroatoms. The Bertz CT molecular complexity index is 1460. The lowest BCUT2D eigenvalue weighted by atomic mass is 9.94. The van der Waals surface area contributed by atoms with Crippen LogP contribution in [0.25, 0.3) is 11.4 Å². The van der Waals surface area contributed by atoms with E-state index in [0.717, 1.165) is 0 Å². The molecule has 182 valence electrons. The van der Waals surface area contributed by atoms with Crippen LogP contribution in [0.1, 0.15) is 18.5 Å². The van der Waals surface area contributed by atoms with E-state index in [4.69, 9.17) is 14.6 Å². The van der Waals surface area contributed by atoms with E-state index in [9.17, 15) is 9.90 Å². The number of anilines is 2. The summed E-state index contributed by atoms with van der Waals surface area (Å²) in [6, 6.07) is 20.8. The third-order valence-corrected chi connectivity index (χ3v) is 5.96. The van der Waals surface area contributed by atoms with E-state index in [0.29, 0.717) is 51.4 Å². The molecule has 0 saturated carbocycles. The topological polar surface area (TPSA) is 111 Å². The van der Waals surface area contributed by atoms with Gasteiger partial charge in [0.25, 0.3) is 5.91 Å². The van der Waals surface area contributed by atoms with Crippen LogP contribution in [0.3, 0.4) is 0 Å². The highest BCUT2D eigenvalue weighted by Gasteiger charge is 2.36. The summed E-state index contributed by atoms with van der Waals surface area (Å²) in [6.07, 6.45) is 0. The molecule has 1 aromatic heterocycles. The number of fused-ring (bicyclic) bond motifs is 1. The molecule has 5 rings (SSSR count). The van der Waals surface area contributed by atoms with Crippen molar-refractivity contribution in [2.45, 2.75) is 13.0 Å². The molecule has 0 radical (unpaired) electrons. The molecule has 0 spiro atoms. The van der Waals surface area contributed by atoms with Crippen molar-refractivity contribution in [2.24, 2.45) is 0 Å². The quantitative estimate of drug-likeness (QED) is 0.368. The van der Waals surface area contributed by atoms with E-state index >= 15 is 0 Å². The minimum absolute atomic E-state index is 0.108. The number of para-hydroxylation sites is 2. The highest BCUT2D eigenvalue weighted by Crippen LogP contribution is 2.43. The normalized spacial score (nSPS) is 14.6. The van der Waals surface area contributed by atoms with Gasteiger partial charge in [0.1, 0.15) is 11.8 Å². The fourth-order valence-corrected chi connectivity index (χ4v) is 4.35. The van der Waals surface area contributed by atoms with E-state index in [1.807, 2.05) is 55.5 Å². The van der Waals surface area contributed by atoms with Crippen molar-refractivity contribution in [1.82, 2.24) is 14.8 Å². The Morgan fingerprint density at radius 3 is 2.53 bits per heavy atom. The molecule has 1 amide bonds. The number of phenolic OH excluding ortho intramolecular Hbond substituents is 1. The number of benzene rings is 3. The van der Waals surface area contributed by atoms with Crippen molar-refractivity contribution in [3.8, 4) is 28.6 Å². The Hall–Kier alpha value is -4.79. The molecule has 3 N–H and O–H groups in total. The number of carbonyl (C=O) groups excluding carboxylic acids is 1. The molecule has 9 nitrogen and oxygen atoms in total. The Morgan fingerprint density at radius 2 is 1.81 bits per heavy atom. The fraction of sp³-hybridized carbons (Fsp3) is 0.148. The molecule has 1 atom stereocenters. The lowest BCUT2D eigenvalue weighted by Gasteiger charge is -2.30. The number of amides is 1. The third-order valence-electron chi connectivity index (χ3n) is 5.96. The number of aromatic nitrogens is 3. The highest BCUT2D eigenvalue weighted by molar-refractivity contribution is 6.06. The van der Waals surface area contributed by atoms with Crippen LogP contribution in [0.2, 0.25) is 0 Å². The smallest absolute Gasteiger partial charge is 0.255 e. The van der Waals surface area contributed by atoms with Crippen molar-refractivity contribution < 1.29 is 19.4 Å². The molecule has 36 heavy (non-hydrogen) atoms. The maximum Gasteiger partial charge on any atom is 0.255 e. The Labute approximate surface area is 208 Å². The molecule has 1 aliphatic rings. The van der Waals surface area contributed by atoms with Crippen molar-refractivity contribution >= 4 is 17.5 Å². The number of rotatable bonds is 6. The minimum Gasteiger partial charge on any atom is -0.508 e. The zero-order valence-electron chi connectivity index (χ0n) is 20.0. The Morgan fingerprint density at radius 1 is 1.03 bits per heavy atom. The molecule has 4 aromatic rings. The second-order valence-corrected chi connectivity index (χ2v) is 8.22. The number of nitrogens with one attached hydrogen (secondary N) is 2. The summed E-state index contributed by atoms with van der Waals surface area (Å²) >= 11 is 0. The van der Waals surface area contributed by atoms with Gasteiger partial charge in [-0.3, -0.25) is 4.79 Å². The predicted octanol–water partition coefficient (Wildman–Crippen LogP) is 4.60. The maximum absolute atomic E-state index is 13.7. The lowest BCUT2D eigenvalue weighted by Crippen LogP contribution is -2.31. The van der Waals surface area contributed by atoms with Crippen molar-refractivity contribution in [1.29, 1.82) is 0 Å². The number of aromatic hydroxyl groups is 1. The van der Waals surface area contributed by atoms with Crippen LogP contribution in [-0.4, -0.2) is 40.0 Å². The van der Waals surface area contributed by atoms with Crippen LogP contribution in [0.4, 0.5) is 11.6 Å². The average Bonchev–Trinajstić information content (AvgIpc) is 3.31. The first-order valence-corrected chi connectivity index (χ1v) is 11.3. The van der Waals surface area contributed by atoms with Gasteiger partial charge in [-0.1, -0.05) is 42.5 Å². The van der Waals surface area contributed by atoms with Crippen LogP contribution in [-0.2, 0) is 4.79 Å². The van der Waals surface area contributed by atoms with Gasteiger partial charge in [-0.05, 0) is 37.3 Å². The first kappa shape index (κ1) is 23.0. The van der Waals surface area contributed by atoms with Crippen LogP contribution in [0.15, 0.2) is 84.1 Å². The van der Waals surface area contributed by atoms with E-state index in [1.165, 1.54) is 0 Å². The number of nitrogens with zero attached hydrogens (tertiary/aromatic N) is 3. The third kappa shape index (κ3) is 4.11. The molecular formula is C27H25N5O4. The van der Waals surface area contributed by atoms with Crippen molar-refractivity contribution in [3.05, 3.63) is 89.6 Å². The zero-order valence-corrected chi connectivity index (χ0v) is 20.0. The summed E-state index contributed by atoms with van der Waals surface area (Å²) in [4.78, 5) is 18.3. The number of hydrogen-bond acceptors (Lipinski definition) is 7. The number of ether oxygens (including phenoxy) is 2. The van der Waals surface area contributed by atoms with E-state index in [1.54, 1.807) is 43.2 Å². The number of phenols is 1. The summed E-state index contributed by atoms with van der Waals surface area (Å²) in [7, 11) is 3.12. The maximum atomic E-state index is 13.7. The van der Waals surface area contributed by atoms with Gasteiger partial charge in [0, 0.05) is 22.5 Å². The molecule has 0 aliphatic carbocycles. The SMILES string of the molecule is COc1cccc(C2C(C(=O)Nc3ccccc3)=C(C)Nc3nc(-c4cccc(O)c4)nn32)c1OC. The van der Waals surface area contributed by atoms with Crippen LogP contribution >= 0.6 is 0 Å². The summed E-state index contributed by atoms with van der Waals surface area (Å²) in [5.41, 5.74) is 3.07. The molecular weight excluding hydrogens is 458 g/mol. The molecule has 1 unspecified atom stereocenters. The molecule has 0 bridgehead atoms. The van der Waals surface area contributed by atoms with Crippen molar-refractivity contribution in [3.63, 3.8) is 0 Å². The van der Waals surface area contributed by atoms with Crippen LogP contribution in [0.5, 0.6) is 17.2 Å². The van der Waals surface area contributed by atoms with Gasteiger partial charge in [-0.2, -0.15) is 4.98 Å². The minimum atomic E-state index is -0.673. The molecule has 3 aromatic carbocycles. The number of allylic oxidation sites excluding steroid dienone is 1. The van der Waals surface area contributed by atoms with Crippen LogP contribution < -0.4 is 20.1 Å². The summed E-state index contributed by atoms with van der Waals surface area (Å²) in [5, 5.41) is 20.9. The Kier molecular flexibility index (Phi) is 6.03. The standard InChI is InChI=1S/C27H25N5O4/c1-16-22(26(34)29-18-10-5-4-6-11-18)23(20-13-8-14-21(35-2)24(20)36-3)32-27(28-16)30-25(31-32)17-9-7-12-19(33)15-17/h4-15,23,33H,1-3H3,(H,29,34)(H,28,30,31). The molecule has 2 heterocycles. The number of carbonyl (C=O) groups is 1. The van der Waals surface area contributed by atoms with Gasteiger partial charge in [0.15, 0.2) is 17.3 Å². The second kappa shape index (κ2) is 9.46. The van der Waals surface area contributed by atoms with Gasteiger partial charge in [-0.25, -0.2) is 4.68 Å². The van der Waals surface area contributed by atoms with Crippen molar-refractivity contribution in [2.75, 3.05) is 24.9 Å². The van der Waals surface area contributed by atoms with Gasteiger partial charge in [0.2, 0.25) is 5.95 Å². The monoisotopic (exact) mass is 483 g/mol. The van der Waals surface area contributed by atoms with E-state index < -0.39 is 6.04 Å². The van der Waals surface area contributed by atoms with Gasteiger partial charge in [-0.15, -0.1) is 5.10 Å². The molecule has 1 aliphatic heterocycles. The van der Waals surface area contributed by atoms with Crippen LogP contribution in [0, 0.1) is 0 Å². The first-order valence-electron chi connectivity index (χ1n) is 11.3. The lowest BCUT2D eigenvalue weighted by molar-refractivity contribution is -0.113. The number of hydrogen-bond donors (Lipinski definition) is 3. The first-order chi connectivity index (χ1) is 17.5. The highest BCUT2D eigenvalue weighted by atomic mass is 16.5. The summed E-state index contributed by atoms with van der Waals surface area (Å²) < 4.78 is 12.9. The second-order valence-electron chi connectivity index (χ2n) is 8.22. The largest absolute Gasteiger partial charge is 0.508 e. The fourth-order valence-electron chi connectivity index (χ4n) is 4.35. The van der Waals surface area contributed by atoms with E-state index in [2.05, 4.69) is 15.6 Å². The predicted molar refractivity (Wildman–Crippen MR) is 136 cm³/mol. The summed E-state index contributed by atoms with van der Waals surface area (Å²) in [5.74, 6) is 1.70. The number of methoxy groups -OCH3 is 2. The molecule has 0 fully saturated rings. The van der Waals surface area contributed by atoms with Gasteiger partial charge < -0.3 is 25.2 Å². The summed E-state index contributed by atoms with van der Waals surface area (Å²) in [6.45, 7) is 1.83. The van der Waals surface area contributed by atoms with Gasteiger partial charge in [0.05, 0.1) is 19.8 Å². The Balaban J connectivity index is 1.67. The molecule has 0 saturated heterocycles. The zero-order chi connectivity index (χ0) is 25.2. The average molecular weight is 484 g/mol. The van der Waals surface area contributed by atoms with E-state index in [-0.39, 0.29) is 11.7 Å². The van der Waals surface area contributed by atoms with Gasteiger partial charge >= 0.3 is 0 Å².